The highest BCUT2D eigenvalue weighted by atomic mass is 32.1. The fourth-order valence-corrected chi connectivity index (χ4v) is 3.88. The van der Waals surface area contributed by atoms with Gasteiger partial charge in [-0.25, -0.2) is 0 Å². The molecule has 3 aromatic rings. The van der Waals surface area contributed by atoms with Crippen LogP contribution in [0.1, 0.15) is 22.9 Å². The predicted molar refractivity (Wildman–Crippen MR) is 112 cm³/mol. The van der Waals surface area contributed by atoms with Gasteiger partial charge in [0.05, 0.1) is 11.0 Å². The zero-order valence-electron chi connectivity index (χ0n) is 15.2. The summed E-state index contributed by atoms with van der Waals surface area (Å²) in [5.41, 5.74) is 3.36. The number of rotatable bonds is 4. The van der Waals surface area contributed by atoms with Crippen LogP contribution in [0.4, 0.5) is 5.69 Å². The van der Waals surface area contributed by atoms with Crippen LogP contribution in [0, 0.1) is 10.1 Å². The molecule has 1 aromatic heterocycles. The highest BCUT2D eigenvalue weighted by molar-refractivity contribution is 7.80. The van der Waals surface area contributed by atoms with Crippen molar-refractivity contribution in [3.8, 4) is 0 Å². The van der Waals surface area contributed by atoms with E-state index in [2.05, 4.69) is 39.2 Å². The van der Waals surface area contributed by atoms with E-state index in [1.54, 1.807) is 12.1 Å². The van der Waals surface area contributed by atoms with Crippen molar-refractivity contribution in [2.75, 3.05) is 6.54 Å². The lowest BCUT2D eigenvalue weighted by Gasteiger charge is -2.39. The Labute approximate surface area is 168 Å². The van der Waals surface area contributed by atoms with Gasteiger partial charge in [-0.1, -0.05) is 30.3 Å². The second-order valence-electron chi connectivity index (χ2n) is 6.72. The monoisotopic (exact) mass is 392 g/mol. The number of fused-ring (bicyclic) bond motifs is 1. The third-order valence-electron chi connectivity index (χ3n) is 5.01. The molecule has 0 aliphatic carbocycles. The van der Waals surface area contributed by atoms with E-state index in [4.69, 9.17) is 12.2 Å². The molecule has 0 radical (unpaired) electrons. The minimum absolute atomic E-state index is 0.0830. The Bertz CT molecular complexity index is 985. The first-order chi connectivity index (χ1) is 13.6. The first-order valence-electron chi connectivity index (χ1n) is 9.11. The lowest BCUT2D eigenvalue weighted by molar-refractivity contribution is -0.384. The molecule has 2 aromatic carbocycles. The van der Waals surface area contributed by atoms with Crippen molar-refractivity contribution in [2.24, 2.45) is 0 Å². The zero-order chi connectivity index (χ0) is 19.5. The van der Waals surface area contributed by atoms with Crippen molar-refractivity contribution in [2.45, 2.75) is 19.1 Å². The number of nitrogens with zero attached hydrogens (tertiary/aromatic N) is 3. The van der Waals surface area contributed by atoms with E-state index in [1.807, 2.05) is 36.4 Å². The molecular weight excluding hydrogens is 372 g/mol. The molecule has 0 unspecified atom stereocenters. The van der Waals surface area contributed by atoms with Crippen molar-refractivity contribution in [1.29, 1.82) is 0 Å². The van der Waals surface area contributed by atoms with Crippen LogP contribution in [0.5, 0.6) is 0 Å². The minimum atomic E-state index is -0.378. The van der Waals surface area contributed by atoms with E-state index < -0.39 is 0 Å². The number of nitro benzene ring substituents is 1. The maximum atomic E-state index is 11.0. The SMILES string of the molecule is O=[N+]([O-])c1ccc([C@H]2c3cccn3CCN2C(=S)NCc2ccccc2)cc1. The molecule has 0 saturated carbocycles. The zero-order valence-corrected chi connectivity index (χ0v) is 16.0. The maximum absolute atomic E-state index is 11.0. The summed E-state index contributed by atoms with van der Waals surface area (Å²) in [5, 5.41) is 15.0. The fourth-order valence-electron chi connectivity index (χ4n) is 3.61. The van der Waals surface area contributed by atoms with Crippen LogP contribution in [0.15, 0.2) is 72.9 Å². The molecule has 0 saturated heterocycles. The van der Waals surface area contributed by atoms with Crippen LogP contribution < -0.4 is 5.32 Å². The van der Waals surface area contributed by atoms with Gasteiger partial charge in [-0.3, -0.25) is 10.1 Å². The Kier molecular flexibility index (Phi) is 5.08. The van der Waals surface area contributed by atoms with Gasteiger partial charge in [0.1, 0.15) is 0 Å². The lowest BCUT2D eigenvalue weighted by atomic mass is 10.00. The van der Waals surface area contributed by atoms with Gasteiger partial charge < -0.3 is 14.8 Å². The number of hydrogen-bond donors (Lipinski definition) is 1. The third kappa shape index (κ3) is 3.61. The molecule has 1 atom stereocenters. The van der Waals surface area contributed by atoms with Gasteiger partial charge >= 0.3 is 0 Å². The number of non-ortho nitro benzene ring substituents is 1. The van der Waals surface area contributed by atoms with Gasteiger partial charge in [-0.2, -0.15) is 0 Å². The maximum Gasteiger partial charge on any atom is 0.269 e. The molecule has 2 heterocycles. The highest BCUT2D eigenvalue weighted by Gasteiger charge is 2.30. The number of nitrogens with one attached hydrogen (secondary N) is 1. The van der Waals surface area contributed by atoms with E-state index in [9.17, 15) is 10.1 Å². The Hall–Kier alpha value is -3.19. The highest BCUT2D eigenvalue weighted by Crippen LogP contribution is 2.33. The molecule has 1 N–H and O–H groups in total. The van der Waals surface area contributed by atoms with Crippen LogP contribution in [-0.4, -0.2) is 26.0 Å². The molecule has 0 bridgehead atoms. The Morgan fingerprint density at radius 3 is 2.54 bits per heavy atom. The normalized spacial score (nSPS) is 15.7. The molecule has 0 fully saturated rings. The summed E-state index contributed by atoms with van der Waals surface area (Å²) in [6.07, 6.45) is 2.06. The van der Waals surface area contributed by atoms with Crippen molar-refractivity contribution >= 4 is 23.0 Å². The standard InChI is InChI=1S/C21H20N4O2S/c26-25(27)18-10-8-17(9-11-18)20-19-7-4-12-23(19)13-14-24(20)21(28)22-15-16-5-2-1-3-6-16/h1-12,20H,13-15H2,(H,22,28)/t20-/m0/s1. The number of nitro groups is 1. The molecule has 7 heteroatoms. The first kappa shape index (κ1) is 18.2. The molecule has 1 aliphatic rings. The molecule has 142 valence electrons. The largest absolute Gasteiger partial charge is 0.358 e. The van der Waals surface area contributed by atoms with Crippen LogP contribution in [0.25, 0.3) is 0 Å². The molecule has 0 amide bonds. The smallest absolute Gasteiger partial charge is 0.269 e. The summed E-state index contributed by atoms with van der Waals surface area (Å²) in [6.45, 7) is 2.27. The Balaban J connectivity index is 1.60. The summed E-state index contributed by atoms with van der Waals surface area (Å²) < 4.78 is 2.21. The van der Waals surface area contributed by atoms with Gasteiger partial charge in [-0.15, -0.1) is 0 Å². The molecule has 0 spiro atoms. The Morgan fingerprint density at radius 1 is 1.07 bits per heavy atom. The number of hydrogen-bond acceptors (Lipinski definition) is 3. The summed E-state index contributed by atoms with van der Waals surface area (Å²) >= 11 is 5.72. The number of benzene rings is 2. The van der Waals surface area contributed by atoms with E-state index in [0.29, 0.717) is 11.7 Å². The van der Waals surface area contributed by atoms with E-state index in [1.165, 1.54) is 0 Å². The van der Waals surface area contributed by atoms with Crippen molar-refractivity contribution < 1.29 is 4.92 Å². The molecule has 28 heavy (non-hydrogen) atoms. The van der Waals surface area contributed by atoms with Crippen molar-refractivity contribution in [3.05, 3.63) is 99.9 Å². The number of thiocarbonyl (C=S) groups is 1. The summed E-state index contributed by atoms with van der Waals surface area (Å²) in [6, 6.07) is 20.9. The van der Waals surface area contributed by atoms with E-state index >= 15 is 0 Å². The van der Waals surface area contributed by atoms with E-state index in [0.717, 1.165) is 29.9 Å². The molecular formula is C21H20N4O2S. The quantitative estimate of drug-likeness (QED) is 0.415. The van der Waals surface area contributed by atoms with Crippen molar-refractivity contribution in [3.63, 3.8) is 0 Å². The van der Waals surface area contributed by atoms with Gasteiger partial charge in [-0.05, 0) is 47.6 Å². The first-order valence-corrected chi connectivity index (χ1v) is 9.52. The van der Waals surface area contributed by atoms with Crippen LogP contribution >= 0.6 is 12.2 Å². The van der Waals surface area contributed by atoms with Gasteiger partial charge in [0.15, 0.2) is 5.11 Å². The molecule has 1 aliphatic heterocycles. The average molecular weight is 392 g/mol. The fraction of sp³-hybridized carbons (Fsp3) is 0.190. The summed E-state index contributed by atoms with van der Waals surface area (Å²) in [7, 11) is 0. The van der Waals surface area contributed by atoms with Gasteiger partial charge in [0.25, 0.3) is 5.69 Å². The predicted octanol–water partition coefficient (Wildman–Crippen LogP) is 3.88. The topological polar surface area (TPSA) is 63.3 Å². The van der Waals surface area contributed by atoms with Crippen LogP contribution in [0.3, 0.4) is 0 Å². The van der Waals surface area contributed by atoms with Gasteiger partial charge in [0.2, 0.25) is 0 Å². The Morgan fingerprint density at radius 2 is 1.82 bits per heavy atom. The average Bonchev–Trinajstić information content (AvgIpc) is 3.21. The second kappa shape index (κ2) is 7.82. The minimum Gasteiger partial charge on any atom is -0.358 e. The molecule has 4 rings (SSSR count). The van der Waals surface area contributed by atoms with Crippen LogP contribution in [-0.2, 0) is 13.1 Å². The molecule has 6 nitrogen and oxygen atoms in total. The summed E-state index contributed by atoms with van der Waals surface area (Å²) in [4.78, 5) is 12.8. The summed E-state index contributed by atoms with van der Waals surface area (Å²) in [5.74, 6) is 0. The lowest BCUT2D eigenvalue weighted by Crippen LogP contribution is -2.46. The van der Waals surface area contributed by atoms with Crippen molar-refractivity contribution in [1.82, 2.24) is 14.8 Å². The van der Waals surface area contributed by atoms with Crippen LogP contribution in [0.2, 0.25) is 0 Å². The third-order valence-corrected chi connectivity index (χ3v) is 5.38. The second-order valence-corrected chi connectivity index (χ2v) is 7.10. The van der Waals surface area contributed by atoms with E-state index in [-0.39, 0.29) is 16.7 Å². The number of aromatic nitrogens is 1. The van der Waals surface area contributed by atoms with Gasteiger partial charge in [0, 0.05) is 43.7 Å².